The van der Waals surface area contributed by atoms with E-state index in [4.69, 9.17) is 0 Å². The minimum absolute atomic E-state index is 1.23. The summed E-state index contributed by atoms with van der Waals surface area (Å²) in [6.45, 7) is 11.3. The van der Waals surface area contributed by atoms with Gasteiger partial charge in [0.25, 0.3) is 0 Å². The Balaban J connectivity index is 4.33. The molecule has 0 aromatic carbocycles. The normalized spacial score (nSPS) is 13.0. The maximum absolute atomic E-state index is 3.61. The van der Waals surface area contributed by atoms with Crippen molar-refractivity contribution in [3.8, 4) is 0 Å². The van der Waals surface area contributed by atoms with Crippen molar-refractivity contribution in [3.63, 3.8) is 0 Å². The standard InChI is InChI=1S/C10H14/c1-5-7-9(3)10(4)8-6-2/h5-8H,1-2H2,3-4H3. The van der Waals surface area contributed by atoms with Crippen LogP contribution in [0.1, 0.15) is 13.8 Å². The lowest BCUT2D eigenvalue weighted by Gasteiger charge is -1.96. The summed E-state index contributed by atoms with van der Waals surface area (Å²) in [7, 11) is 0. The quantitative estimate of drug-likeness (QED) is 0.520. The van der Waals surface area contributed by atoms with Crippen LogP contribution in [0, 0.1) is 0 Å². The summed E-state index contributed by atoms with van der Waals surface area (Å²) >= 11 is 0. The van der Waals surface area contributed by atoms with Crippen LogP contribution in [0.5, 0.6) is 0 Å². The molecule has 0 aliphatic carbocycles. The van der Waals surface area contributed by atoms with Gasteiger partial charge < -0.3 is 0 Å². The van der Waals surface area contributed by atoms with Crippen molar-refractivity contribution in [2.45, 2.75) is 13.8 Å². The van der Waals surface area contributed by atoms with E-state index >= 15 is 0 Å². The van der Waals surface area contributed by atoms with E-state index in [1.807, 2.05) is 12.2 Å². The Morgan fingerprint density at radius 3 is 1.40 bits per heavy atom. The third-order valence-corrected chi connectivity index (χ3v) is 1.36. The van der Waals surface area contributed by atoms with Gasteiger partial charge in [-0.15, -0.1) is 0 Å². The Hall–Kier alpha value is -1.04. The summed E-state index contributed by atoms with van der Waals surface area (Å²) in [4.78, 5) is 0. The summed E-state index contributed by atoms with van der Waals surface area (Å²) in [5.74, 6) is 0. The first-order valence-corrected chi connectivity index (χ1v) is 3.31. The van der Waals surface area contributed by atoms with E-state index < -0.39 is 0 Å². The fourth-order valence-corrected chi connectivity index (χ4v) is 0.616. The molecule has 0 N–H and O–H groups in total. The molecule has 0 aliphatic rings. The topological polar surface area (TPSA) is 0 Å². The molecule has 0 spiro atoms. The first kappa shape index (κ1) is 8.96. The zero-order valence-corrected chi connectivity index (χ0v) is 6.72. The molecule has 0 saturated heterocycles. The second-order valence-corrected chi connectivity index (χ2v) is 2.17. The molecule has 0 atom stereocenters. The summed E-state index contributed by atoms with van der Waals surface area (Å²) in [6.07, 6.45) is 7.54. The molecule has 0 bridgehead atoms. The molecule has 0 heterocycles. The van der Waals surface area contributed by atoms with Gasteiger partial charge in [0.1, 0.15) is 0 Å². The maximum Gasteiger partial charge on any atom is -0.0395 e. The zero-order chi connectivity index (χ0) is 7.98. The van der Waals surface area contributed by atoms with Crippen LogP contribution in [-0.2, 0) is 0 Å². The molecular weight excluding hydrogens is 120 g/mol. The molecule has 0 saturated carbocycles. The average molecular weight is 134 g/mol. The van der Waals surface area contributed by atoms with E-state index in [-0.39, 0.29) is 0 Å². The lowest BCUT2D eigenvalue weighted by molar-refractivity contribution is 1.35. The summed E-state index contributed by atoms with van der Waals surface area (Å²) in [5, 5.41) is 0. The van der Waals surface area contributed by atoms with E-state index in [9.17, 15) is 0 Å². The van der Waals surface area contributed by atoms with Gasteiger partial charge >= 0.3 is 0 Å². The van der Waals surface area contributed by atoms with E-state index in [0.29, 0.717) is 0 Å². The Kier molecular flexibility index (Phi) is 4.30. The van der Waals surface area contributed by atoms with Crippen LogP contribution in [0.4, 0.5) is 0 Å². The van der Waals surface area contributed by atoms with Gasteiger partial charge in [0, 0.05) is 0 Å². The molecular formula is C10H14. The highest BCUT2D eigenvalue weighted by Gasteiger charge is 1.86. The van der Waals surface area contributed by atoms with Gasteiger partial charge in [-0.2, -0.15) is 0 Å². The highest BCUT2D eigenvalue weighted by molar-refractivity contribution is 5.31. The molecule has 0 aliphatic heterocycles. The number of hydrogen-bond donors (Lipinski definition) is 0. The molecule has 10 heavy (non-hydrogen) atoms. The molecule has 54 valence electrons. The maximum atomic E-state index is 3.61. The number of rotatable bonds is 3. The lowest BCUT2D eigenvalue weighted by Crippen LogP contribution is -1.75. The Labute approximate surface area is 63.3 Å². The molecule has 0 aromatic rings. The van der Waals surface area contributed by atoms with E-state index in [0.717, 1.165) is 0 Å². The molecule has 0 nitrogen and oxygen atoms in total. The largest absolute Gasteiger partial charge is 0.0991 e. The van der Waals surface area contributed by atoms with Crippen molar-refractivity contribution in [1.82, 2.24) is 0 Å². The van der Waals surface area contributed by atoms with Gasteiger partial charge in [0.15, 0.2) is 0 Å². The molecule has 0 unspecified atom stereocenters. The van der Waals surface area contributed by atoms with Gasteiger partial charge in [0.2, 0.25) is 0 Å². The molecule has 0 heteroatoms. The fraction of sp³-hybridized carbons (Fsp3) is 0.200. The molecule has 0 amide bonds. The van der Waals surface area contributed by atoms with Gasteiger partial charge in [0.05, 0.1) is 0 Å². The Morgan fingerprint density at radius 2 is 1.20 bits per heavy atom. The SMILES string of the molecule is C=CC=C(C)C(C)=CC=C. The monoisotopic (exact) mass is 134 g/mol. The minimum atomic E-state index is 1.23. The van der Waals surface area contributed by atoms with Gasteiger partial charge in [-0.1, -0.05) is 37.5 Å². The molecule has 0 aromatic heterocycles. The molecule has 0 fully saturated rings. The van der Waals surface area contributed by atoms with E-state index in [2.05, 4.69) is 27.0 Å². The predicted octanol–water partition coefficient (Wildman–Crippen LogP) is 3.25. The van der Waals surface area contributed by atoms with Crippen molar-refractivity contribution in [3.05, 3.63) is 48.6 Å². The second kappa shape index (κ2) is 4.80. The van der Waals surface area contributed by atoms with Crippen molar-refractivity contribution in [1.29, 1.82) is 0 Å². The molecule has 0 rings (SSSR count). The van der Waals surface area contributed by atoms with Crippen LogP contribution < -0.4 is 0 Å². The molecule has 0 radical (unpaired) electrons. The predicted molar refractivity (Wildman–Crippen MR) is 47.9 cm³/mol. The van der Waals surface area contributed by atoms with Gasteiger partial charge in [-0.25, -0.2) is 0 Å². The van der Waals surface area contributed by atoms with E-state index in [1.54, 1.807) is 12.2 Å². The second-order valence-electron chi connectivity index (χ2n) is 2.17. The summed E-state index contributed by atoms with van der Waals surface area (Å²) < 4.78 is 0. The number of allylic oxidation sites excluding steroid dienone is 6. The first-order chi connectivity index (χ1) is 4.72. The number of hydrogen-bond acceptors (Lipinski definition) is 0. The first-order valence-electron chi connectivity index (χ1n) is 3.31. The van der Waals surface area contributed by atoms with Crippen molar-refractivity contribution >= 4 is 0 Å². The fourth-order valence-electron chi connectivity index (χ4n) is 0.616. The van der Waals surface area contributed by atoms with Crippen LogP contribution in [-0.4, -0.2) is 0 Å². The third-order valence-electron chi connectivity index (χ3n) is 1.36. The lowest BCUT2D eigenvalue weighted by atomic mass is 10.1. The summed E-state index contributed by atoms with van der Waals surface area (Å²) in [6, 6.07) is 0. The van der Waals surface area contributed by atoms with Crippen LogP contribution in [0.2, 0.25) is 0 Å². The summed E-state index contributed by atoms with van der Waals surface area (Å²) in [5.41, 5.74) is 2.46. The third kappa shape index (κ3) is 3.08. The average Bonchev–Trinajstić information content (AvgIpc) is 1.89. The van der Waals surface area contributed by atoms with Crippen LogP contribution in [0.3, 0.4) is 0 Å². The highest BCUT2D eigenvalue weighted by atomic mass is 13.9. The Bertz CT molecular complexity index is 158. The minimum Gasteiger partial charge on any atom is -0.0991 e. The van der Waals surface area contributed by atoms with Crippen LogP contribution in [0.25, 0.3) is 0 Å². The van der Waals surface area contributed by atoms with Crippen LogP contribution in [0.15, 0.2) is 48.6 Å². The van der Waals surface area contributed by atoms with E-state index in [1.165, 1.54) is 11.1 Å². The van der Waals surface area contributed by atoms with Crippen molar-refractivity contribution in [2.24, 2.45) is 0 Å². The van der Waals surface area contributed by atoms with Crippen molar-refractivity contribution < 1.29 is 0 Å². The zero-order valence-electron chi connectivity index (χ0n) is 6.72. The van der Waals surface area contributed by atoms with Crippen molar-refractivity contribution in [2.75, 3.05) is 0 Å². The highest BCUT2D eigenvalue weighted by Crippen LogP contribution is 2.07. The van der Waals surface area contributed by atoms with Crippen LogP contribution >= 0.6 is 0 Å². The van der Waals surface area contributed by atoms with Gasteiger partial charge in [-0.05, 0) is 25.0 Å². The van der Waals surface area contributed by atoms with Gasteiger partial charge in [-0.3, -0.25) is 0 Å². The Morgan fingerprint density at radius 1 is 0.900 bits per heavy atom. The smallest absolute Gasteiger partial charge is 0.0395 e.